The van der Waals surface area contributed by atoms with Crippen LogP contribution in [0.25, 0.3) is 0 Å². The fourth-order valence-corrected chi connectivity index (χ4v) is 2.57. The first-order valence-electron chi connectivity index (χ1n) is 6.34. The lowest BCUT2D eigenvalue weighted by molar-refractivity contribution is 0.548. The lowest BCUT2D eigenvalue weighted by Crippen LogP contribution is -2.38. The molecule has 2 rings (SSSR count). The van der Waals surface area contributed by atoms with E-state index in [0.29, 0.717) is 12.1 Å². The van der Waals surface area contributed by atoms with Crippen LogP contribution in [0.2, 0.25) is 5.02 Å². The molecule has 1 aliphatic rings. The zero-order valence-electron chi connectivity index (χ0n) is 10.8. The highest BCUT2D eigenvalue weighted by atomic mass is 35.5. The van der Waals surface area contributed by atoms with Crippen molar-refractivity contribution in [3.63, 3.8) is 0 Å². The van der Waals surface area contributed by atoms with Crippen molar-refractivity contribution in [3.05, 3.63) is 28.8 Å². The Bertz CT molecular complexity index is 392. The first-order valence-corrected chi connectivity index (χ1v) is 6.72. The van der Waals surface area contributed by atoms with Crippen LogP contribution in [0.3, 0.4) is 0 Å². The van der Waals surface area contributed by atoms with Crippen LogP contribution in [-0.2, 0) is 0 Å². The van der Waals surface area contributed by atoms with Gasteiger partial charge in [-0.1, -0.05) is 17.7 Å². The predicted molar refractivity (Wildman–Crippen MR) is 75.1 cm³/mol. The molecule has 94 valence electrons. The smallest absolute Gasteiger partial charge is 0.0455 e. The van der Waals surface area contributed by atoms with E-state index in [4.69, 9.17) is 11.6 Å². The van der Waals surface area contributed by atoms with Gasteiger partial charge in [-0.3, -0.25) is 0 Å². The Morgan fingerprint density at radius 1 is 1.35 bits per heavy atom. The van der Waals surface area contributed by atoms with Gasteiger partial charge in [-0.15, -0.1) is 0 Å². The van der Waals surface area contributed by atoms with Crippen LogP contribution in [0.5, 0.6) is 0 Å². The molecule has 1 aromatic rings. The number of hydrogen-bond acceptors (Lipinski definition) is 2. The average Bonchev–Trinajstić information content (AvgIpc) is 2.46. The number of anilines is 1. The van der Waals surface area contributed by atoms with E-state index in [1.54, 1.807) is 0 Å². The van der Waals surface area contributed by atoms with E-state index >= 15 is 0 Å². The average molecular weight is 253 g/mol. The second kappa shape index (κ2) is 5.28. The van der Waals surface area contributed by atoms with E-state index in [9.17, 15) is 0 Å². The topological polar surface area (TPSA) is 15.3 Å². The first-order chi connectivity index (χ1) is 8.09. The summed E-state index contributed by atoms with van der Waals surface area (Å²) in [4.78, 5) is 2.47. The molecular formula is C14H21ClN2. The molecule has 2 unspecified atom stereocenters. The summed E-state index contributed by atoms with van der Waals surface area (Å²) >= 11 is 6.21. The first kappa shape index (κ1) is 12.7. The zero-order chi connectivity index (χ0) is 12.4. The molecule has 1 fully saturated rings. The molecule has 0 saturated carbocycles. The monoisotopic (exact) mass is 252 g/mol. The summed E-state index contributed by atoms with van der Waals surface area (Å²) in [6, 6.07) is 7.29. The maximum atomic E-state index is 6.21. The molecule has 1 saturated heterocycles. The van der Waals surface area contributed by atoms with Crippen molar-refractivity contribution in [1.29, 1.82) is 0 Å². The van der Waals surface area contributed by atoms with E-state index in [-0.39, 0.29) is 0 Å². The number of nitrogens with one attached hydrogen (secondary N) is 1. The van der Waals surface area contributed by atoms with Crippen molar-refractivity contribution in [1.82, 2.24) is 5.32 Å². The van der Waals surface area contributed by atoms with Crippen LogP contribution in [0.4, 0.5) is 5.69 Å². The highest BCUT2D eigenvalue weighted by Crippen LogP contribution is 2.28. The molecule has 1 N–H and O–H groups in total. The van der Waals surface area contributed by atoms with Gasteiger partial charge in [0.2, 0.25) is 0 Å². The van der Waals surface area contributed by atoms with E-state index in [1.165, 1.54) is 17.7 Å². The van der Waals surface area contributed by atoms with Crippen LogP contribution >= 0.6 is 11.6 Å². The van der Waals surface area contributed by atoms with Gasteiger partial charge >= 0.3 is 0 Å². The summed E-state index contributed by atoms with van der Waals surface area (Å²) < 4.78 is 0. The van der Waals surface area contributed by atoms with Gasteiger partial charge in [-0.05, 0) is 44.9 Å². The van der Waals surface area contributed by atoms with E-state index in [0.717, 1.165) is 18.1 Å². The Morgan fingerprint density at radius 3 is 2.88 bits per heavy atom. The molecule has 2 nitrogen and oxygen atoms in total. The highest BCUT2D eigenvalue weighted by molar-refractivity contribution is 6.31. The second-order valence-corrected chi connectivity index (χ2v) is 5.43. The second-order valence-electron chi connectivity index (χ2n) is 5.02. The standard InChI is InChI=1S/C14H21ClN2/c1-10-7-8-17(11(2)9-16-10)14-6-4-5-13(15)12(14)3/h4-6,10-11,16H,7-9H2,1-3H3. The number of benzene rings is 1. The molecule has 0 aromatic heterocycles. The Balaban J connectivity index is 2.28. The Hall–Kier alpha value is -0.730. The van der Waals surface area contributed by atoms with Gasteiger partial charge in [-0.2, -0.15) is 0 Å². The number of rotatable bonds is 1. The van der Waals surface area contributed by atoms with Gasteiger partial charge in [0, 0.05) is 35.9 Å². The third kappa shape index (κ3) is 2.75. The van der Waals surface area contributed by atoms with Crippen molar-refractivity contribution >= 4 is 17.3 Å². The Kier molecular flexibility index (Phi) is 3.95. The number of halogens is 1. The molecule has 1 aromatic carbocycles. The van der Waals surface area contributed by atoms with Crippen LogP contribution in [0, 0.1) is 6.92 Å². The molecule has 1 heterocycles. The minimum atomic E-state index is 0.511. The minimum absolute atomic E-state index is 0.511. The van der Waals surface area contributed by atoms with Crippen molar-refractivity contribution in [2.75, 3.05) is 18.0 Å². The third-order valence-corrected chi connectivity index (χ3v) is 4.05. The molecule has 0 aliphatic carbocycles. The van der Waals surface area contributed by atoms with Crippen LogP contribution in [-0.4, -0.2) is 25.2 Å². The van der Waals surface area contributed by atoms with Crippen LogP contribution in [0.1, 0.15) is 25.8 Å². The van der Waals surface area contributed by atoms with E-state index < -0.39 is 0 Å². The summed E-state index contributed by atoms with van der Waals surface area (Å²) in [5.41, 5.74) is 2.47. The van der Waals surface area contributed by atoms with Gasteiger partial charge < -0.3 is 10.2 Å². The summed E-state index contributed by atoms with van der Waals surface area (Å²) in [7, 11) is 0. The molecule has 1 aliphatic heterocycles. The summed E-state index contributed by atoms with van der Waals surface area (Å²) in [5, 5.41) is 4.41. The maximum Gasteiger partial charge on any atom is 0.0455 e. The van der Waals surface area contributed by atoms with Crippen LogP contribution < -0.4 is 10.2 Å². The number of nitrogens with zero attached hydrogens (tertiary/aromatic N) is 1. The molecule has 0 amide bonds. The molecular weight excluding hydrogens is 232 g/mol. The SMILES string of the molecule is Cc1c(Cl)cccc1N1CCC(C)NCC1C. The summed E-state index contributed by atoms with van der Waals surface area (Å²) in [6.45, 7) is 8.75. The van der Waals surface area contributed by atoms with Gasteiger partial charge in [-0.25, -0.2) is 0 Å². The van der Waals surface area contributed by atoms with Crippen molar-refractivity contribution < 1.29 is 0 Å². The quantitative estimate of drug-likeness (QED) is 0.826. The molecule has 0 spiro atoms. The fourth-order valence-electron chi connectivity index (χ4n) is 2.40. The third-order valence-electron chi connectivity index (χ3n) is 3.65. The van der Waals surface area contributed by atoms with Gasteiger partial charge in [0.15, 0.2) is 0 Å². The van der Waals surface area contributed by atoms with Gasteiger partial charge in [0.25, 0.3) is 0 Å². The van der Waals surface area contributed by atoms with Crippen molar-refractivity contribution in [2.45, 2.75) is 39.3 Å². The Labute approximate surface area is 109 Å². The van der Waals surface area contributed by atoms with Crippen molar-refractivity contribution in [3.8, 4) is 0 Å². The molecule has 0 bridgehead atoms. The lowest BCUT2D eigenvalue weighted by Gasteiger charge is -2.30. The minimum Gasteiger partial charge on any atom is -0.367 e. The summed E-state index contributed by atoms with van der Waals surface area (Å²) in [5.74, 6) is 0. The molecule has 17 heavy (non-hydrogen) atoms. The van der Waals surface area contributed by atoms with Gasteiger partial charge in [0.1, 0.15) is 0 Å². The molecule has 2 atom stereocenters. The summed E-state index contributed by atoms with van der Waals surface area (Å²) in [6.07, 6.45) is 1.18. The van der Waals surface area contributed by atoms with E-state index in [2.05, 4.69) is 37.1 Å². The van der Waals surface area contributed by atoms with Crippen molar-refractivity contribution in [2.24, 2.45) is 0 Å². The highest BCUT2D eigenvalue weighted by Gasteiger charge is 2.21. The number of hydrogen-bond donors (Lipinski definition) is 1. The maximum absolute atomic E-state index is 6.21. The predicted octanol–water partition coefficient (Wildman–Crippen LogP) is 3.23. The largest absolute Gasteiger partial charge is 0.367 e. The lowest BCUT2D eigenvalue weighted by atomic mass is 10.1. The zero-order valence-corrected chi connectivity index (χ0v) is 11.6. The fraction of sp³-hybridized carbons (Fsp3) is 0.571. The molecule has 3 heteroatoms. The normalized spacial score (nSPS) is 25.8. The Morgan fingerprint density at radius 2 is 2.12 bits per heavy atom. The van der Waals surface area contributed by atoms with Gasteiger partial charge in [0.05, 0.1) is 0 Å². The van der Waals surface area contributed by atoms with E-state index in [1.807, 2.05) is 12.1 Å². The van der Waals surface area contributed by atoms with Crippen LogP contribution in [0.15, 0.2) is 18.2 Å². The molecule has 0 radical (unpaired) electrons.